The van der Waals surface area contributed by atoms with E-state index in [1.807, 2.05) is 13.8 Å². The van der Waals surface area contributed by atoms with Crippen LogP contribution in [0.5, 0.6) is 0 Å². The molecule has 0 aliphatic heterocycles. The highest BCUT2D eigenvalue weighted by Crippen LogP contribution is 2.22. The molecule has 1 heterocycles. The van der Waals surface area contributed by atoms with Gasteiger partial charge in [0.1, 0.15) is 10.8 Å². The number of hydrogen-bond donors (Lipinski definition) is 1. The Kier molecular flexibility index (Phi) is 4.01. The quantitative estimate of drug-likeness (QED) is 0.872. The number of nitrogens with zero attached hydrogens (tertiary/aromatic N) is 2. The molecule has 0 saturated heterocycles. The molecule has 0 aliphatic rings. The lowest BCUT2D eigenvalue weighted by atomic mass is 10.1. The maximum Gasteiger partial charge on any atom is 0.138 e. The predicted molar refractivity (Wildman–Crippen MR) is 80.8 cm³/mol. The van der Waals surface area contributed by atoms with Gasteiger partial charge in [0.15, 0.2) is 0 Å². The number of halogens is 2. The lowest BCUT2D eigenvalue weighted by Gasteiger charge is -2.09. The lowest BCUT2D eigenvalue weighted by Crippen LogP contribution is -2.14. The number of thiocarbonyl (C=S) groups is 1. The molecule has 3 nitrogen and oxygen atoms in total. The summed E-state index contributed by atoms with van der Waals surface area (Å²) in [4.78, 5) is 0.0638. The molecule has 0 radical (unpaired) electrons. The summed E-state index contributed by atoms with van der Waals surface area (Å²) in [5, 5.41) is 4.36. The van der Waals surface area contributed by atoms with Crippen molar-refractivity contribution in [3.8, 4) is 0 Å². The van der Waals surface area contributed by atoms with Gasteiger partial charge in [-0.25, -0.2) is 4.39 Å². The van der Waals surface area contributed by atoms with Crippen molar-refractivity contribution in [3.05, 3.63) is 51.0 Å². The highest BCUT2D eigenvalue weighted by atomic mass is 79.9. The van der Waals surface area contributed by atoms with Gasteiger partial charge in [-0.3, -0.25) is 4.68 Å². The standard InChI is InChI=1S/C13H13BrFN3S/c1-7-11(14)8(2)18(17-7)6-9-4-3-5-10(12(9)15)13(16)19/h3-5H,6H2,1-2H3,(H2,16,19). The number of benzene rings is 1. The van der Waals surface area contributed by atoms with Crippen LogP contribution in [-0.2, 0) is 6.54 Å². The summed E-state index contributed by atoms with van der Waals surface area (Å²) in [6.45, 7) is 4.18. The molecule has 2 rings (SSSR count). The van der Waals surface area contributed by atoms with Crippen LogP contribution in [0.2, 0.25) is 0 Å². The van der Waals surface area contributed by atoms with E-state index >= 15 is 0 Å². The van der Waals surface area contributed by atoms with Crippen LogP contribution >= 0.6 is 28.1 Å². The van der Waals surface area contributed by atoms with E-state index in [0.717, 1.165) is 15.9 Å². The van der Waals surface area contributed by atoms with Gasteiger partial charge in [-0.05, 0) is 35.8 Å². The van der Waals surface area contributed by atoms with Gasteiger partial charge in [-0.1, -0.05) is 24.4 Å². The second kappa shape index (κ2) is 5.38. The average molecular weight is 342 g/mol. The highest BCUT2D eigenvalue weighted by Gasteiger charge is 2.13. The molecular formula is C13H13BrFN3S. The van der Waals surface area contributed by atoms with E-state index in [-0.39, 0.29) is 16.4 Å². The zero-order chi connectivity index (χ0) is 14.2. The minimum Gasteiger partial charge on any atom is -0.389 e. The molecule has 1 aromatic carbocycles. The first-order chi connectivity index (χ1) is 8.91. The molecule has 1 aromatic heterocycles. The third-order valence-electron chi connectivity index (χ3n) is 2.96. The van der Waals surface area contributed by atoms with Crippen molar-refractivity contribution in [1.82, 2.24) is 9.78 Å². The van der Waals surface area contributed by atoms with Crippen molar-refractivity contribution in [1.29, 1.82) is 0 Å². The Morgan fingerprint density at radius 1 is 1.47 bits per heavy atom. The molecule has 0 amide bonds. The van der Waals surface area contributed by atoms with Crippen LogP contribution in [0.15, 0.2) is 22.7 Å². The van der Waals surface area contributed by atoms with Crippen LogP contribution in [0.3, 0.4) is 0 Å². The van der Waals surface area contributed by atoms with E-state index in [1.54, 1.807) is 22.9 Å². The van der Waals surface area contributed by atoms with E-state index in [9.17, 15) is 4.39 Å². The maximum atomic E-state index is 14.2. The van der Waals surface area contributed by atoms with Crippen LogP contribution in [0.25, 0.3) is 0 Å². The van der Waals surface area contributed by atoms with Gasteiger partial charge in [-0.15, -0.1) is 0 Å². The molecule has 0 fully saturated rings. The summed E-state index contributed by atoms with van der Waals surface area (Å²) in [5.74, 6) is -0.376. The molecule has 0 spiro atoms. The minimum atomic E-state index is -0.376. The Labute approximate surface area is 124 Å². The van der Waals surface area contributed by atoms with Crippen molar-refractivity contribution in [2.75, 3.05) is 0 Å². The monoisotopic (exact) mass is 341 g/mol. The summed E-state index contributed by atoms with van der Waals surface area (Å²) in [6, 6.07) is 5.04. The number of aromatic nitrogens is 2. The van der Waals surface area contributed by atoms with Crippen LogP contribution in [0.1, 0.15) is 22.5 Å². The molecule has 0 aliphatic carbocycles. The van der Waals surface area contributed by atoms with Crippen molar-refractivity contribution >= 4 is 33.1 Å². The summed E-state index contributed by atoms with van der Waals surface area (Å²) in [6.07, 6.45) is 0. The molecule has 0 unspecified atom stereocenters. The van der Waals surface area contributed by atoms with Crippen molar-refractivity contribution in [2.24, 2.45) is 5.73 Å². The Morgan fingerprint density at radius 3 is 2.68 bits per heavy atom. The summed E-state index contributed by atoms with van der Waals surface area (Å²) in [7, 11) is 0. The third-order valence-corrected chi connectivity index (χ3v) is 4.33. The van der Waals surface area contributed by atoms with Gasteiger partial charge >= 0.3 is 0 Å². The van der Waals surface area contributed by atoms with E-state index in [1.165, 1.54) is 0 Å². The van der Waals surface area contributed by atoms with Crippen LogP contribution in [0.4, 0.5) is 4.39 Å². The summed E-state index contributed by atoms with van der Waals surface area (Å²) < 4.78 is 16.9. The first kappa shape index (κ1) is 14.1. The van der Waals surface area contributed by atoms with E-state index in [2.05, 4.69) is 21.0 Å². The largest absolute Gasteiger partial charge is 0.389 e. The highest BCUT2D eigenvalue weighted by molar-refractivity contribution is 9.10. The zero-order valence-electron chi connectivity index (χ0n) is 10.6. The Morgan fingerprint density at radius 2 is 2.16 bits per heavy atom. The number of aryl methyl sites for hydroxylation is 1. The topological polar surface area (TPSA) is 43.8 Å². The summed E-state index contributed by atoms with van der Waals surface area (Å²) in [5.41, 5.74) is 8.12. The predicted octanol–water partition coefficient (Wildman–Crippen LogP) is 3.08. The van der Waals surface area contributed by atoms with E-state index in [4.69, 9.17) is 18.0 Å². The van der Waals surface area contributed by atoms with Gasteiger partial charge < -0.3 is 5.73 Å². The maximum absolute atomic E-state index is 14.2. The molecule has 2 aromatic rings. The molecular weight excluding hydrogens is 329 g/mol. The van der Waals surface area contributed by atoms with Crippen LogP contribution in [0, 0.1) is 19.7 Å². The molecule has 100 valence electrons. The first-order valence-corrected chi connectivity index (χ1v) is 6.88. The Balaban J connectivity index is 2.41. The normalized spacial score (nSPS) is 10.7. The fourth-order valence-electron chi connectivity index (χ4n) is 1.88. The molecule has 19 heavy (non-hydrogen) atoms. The fraction of sp³-hybridized carbons (Fsp3) is 0.231. The second-order valence-corrected chi connectivity index (χ2v) is 5.52. The van der Waals surface area contributed by atoms with E-state index < -0.39 is 0 Å². The third kappa shape index (κ3) is 2.69. The first-order valence-electron chi connectivity index (χ1n) is 5.68. The molecule has 0 bridgehead atoms. The van der Waals surface area contributed by atoms with Crippen molar-refractivity contribution < 1.29 is 4.39 Å². The molecule has 6 heteroatoms. The number of rotatable bonds is 3. The zero-order valence-corrected chi connectivity index (χ0v) is 13.0. The van der Waals surface area contributed by atoms with Gasteiger partial charge in [0.2, 0.25) is 0 Å². The fourth-order valence-corrected chi connectivity index (χ4v) is 2.32. The Bertz CT molecular complexity index is 652. The van der Waals surface area contributed by atoms with Gasteiger partial charge in [0, 0.05) is 11.1 Å². The van der Waals surface area contributed by atoms with Crippen LogP contribution < -0.4 is 5.73 Å². The van der Waals surface area contributed by atoms with Gasteiger partial charge in [0.25, 0.3) is 0 Å². The molecule has 2 N–H and O–H groups in total. The molecule has 0 saturated carbocycles. The lowest BCUT2D eigenvalue weighted by molar-refractivity contribution is 0.577. The van der Waals surface area contributed by atoms with Gasteiger partial charge in [-0.2, -0.15) is 5.10 Å². The SMILES string of the molecule is Cc1nn(Cc2cccc(C(N)=S)c2F)c(C)c1Br. The Hall–Kier alpha value is -1.27. The van der Waals surface area contributed by atoms with Crippen molar-refractivity contribution in [2.45, 2.75) is 20.4 Å². The van der Waals surface area contributed by atoms with Gasteiger partial charge in [0.05, 0.1) is 22.4 Å². The second-order valence-electron chi connectivity index (χ2n) is 4.29. The molecule has 0 atom stereocenters. The van der Waals surface area contributed by atoms with E-state index in [0.29, 0.717) is 12.1 Å². The minimum absolute atomic E-state index is 0.0638. The number of nitrogens with two attached hydrogens (primary N) is 1. The smallest absolute Gasteiger partial charge is 0.138 e. The number of hydrogen-bond acceptors (Lipinski definition) is 2. The van der Waals surface area contributed by atoms with Crippen molar-refractivity contribution in [3.63, 3.8) is 0 Å². The summed E-state index contributed by atoms with van der Waals surface area (Å²) >= 11 is 8.28. The average Bonchev–Trinajstić information content (AvgIpc) is 2.59. The van der Waals surface area contributed by atoms with Crippen LogP contribution in [-0.4, -0.2) is 14.8 Å².